The molecule has 0 radical (unpaired) electrons. The van der Waals surface area contributed by atoms with Gasteiger partial charge in [-0.25, -0.2) is 4.79 Å². The van der Waals surface area contributed by atoms with Crippen LogP contribution in [0.25, 0.3) is 5.57 Å². The molecule has 19 heavy (non-hydrogen) atoms. The van der Waals surface area contributed by atoms with Crippen LogP contribution in [0.2, 0.25) is 0 Å². The molecular weight excluding hydrogens is 238 g/mol. The molecule has 0 aliphatic carbocycles. The van der Waals surface area contributed by atoms with Crippen LogP contribution in [0.15, 0.2) is 41.6 Å². The maximum absolute atomic E-state index is 11.6. The summed E-state index contributed by atoms with van der Waals surface area (Å²) in [5.41, 5.74) is 4.66. The van der Waals surface area contributed by atoms with E-state index in [1.165, 1.54) is 0 Å². The van der Waals surface area contributed by atoms with E-state index in [1.807, 2.05) is 43.3 Å². The summed E-state index contributed by atoms with van der Waals surface area (Å²) in [7, 11) is 0. The lowest BCUT2D eigenvalue weighted by atomic mass is 10.0. The van der Waals surface area contributed by atoms with Crippen molar-refractivity contribution in [3.63, 3.8) is 0 Å². The van der Waals surface area contributed by atoms with Gasteiger partial charge in [0.15, 0.2) is 5.57 Å². The molecule has 0 aliphatic rings. The van der Waals surface area contributed by atoms with E-state index < -0.39 is 5.97 Å². The standard InChI is InChI=1S/C16H17NO2/c1-3-8-14(13-9-6-5-7-10-13)11-15(12-17)16(18)19-4-2/h5-7,9-10H,3-4,8H2,1-2H3. The fourth-order valence-corrected chi connectivity index (χ4v) is 1.65. The Kier molecular flexibility index (Phi) is 6.15. The summed E-state index contributed by atoms with van der Waals surface area (Å²) in [6.07, 6.45) is 1.67. The molecule has 1 rings (SSSR count). The van der Waals surface area contributed by atoms with Gasteiger partial charge in [-0.2, -0.15) is 5.26 Å². The van der Waals surface area contributed by atoms with Crippen LogP contribution in [0.4, 0.5) is 0 Å². The summed E-state index contributed by atoms with van der Waals surface area (Å²) in [6, 6.07) is 11.5. The molecule has 3 heteroatoms. The van der Waals surface area contributed by atoms with Gasteiger partial charge in [0.1, 0.15) is 6.07 Å². The second kappa shape index (κ2) is 7.92. The lowest BCUT2D eigenvalue weighted by Crippen LogP contribution is -2.05. The van der Waals surface area contributed by atoms with E-state index in [1.54, 1.807) is 6.92 Å². The minimum absolute atomic E-state index is 0.0749. The minimum Gasteiger partial charge on any atom is -0.461 e. The normalized spacial score (nSPS) is 9.11. The Hall–Kier alpha value is -2.30. The first-order chi connectivity index (χ1) is 9.22. The Labute approximate surface area is 113 Å². The molecule has 0 heterocycles. The van der Waals surface area contributed by atoms with Crippen molar-refractivity contribution >= 4 is 11.5 Å². The number of hydrogen-bond donors (Lipinski definition) is 0. The smallest absolute Gasteiger partial charge is 0.356 e. The molecule has 0 aliphatic heterocycles. The second-order valence-electron chi connectivity index (χ2n) is 3.93. The van der Waals surface area contributed by atoms with Gasteiger partial charge in [0, 0.05) is 5.57 Å². The third kappa shape index (κ3) is 4.46. The third-order valence-electron chi connectivity index (χ3n) is 2.49. The monoisotopic (exact) mass is 255 g/mol. The number of rotatable bonds is 5. The third-order valence-corrected chi connectivity index (χ3v) is 2.49. The zero-order chi connectivity index (χ0) is 14.1. The maximum atomic E-state index is 11.6. The van der Waals surface area contributed by atoms with Crippen LogP contribution >= 0.6 is 0 Å². The summed E-state index contributed by atoms with van der Waals surface area (Å²) in [6.45, 7) is 4.00. The van der Waals surface area contributed by atoms with Gasteiger partial charge in [0.2, 0.25) is 0 Å². The van der Waals surface area contributed by atoms with Gasteiger partial charge in [0.05, 0.1) is 6.61 Å². The van der Waals surface area contributed by atoms with Crippen LogP contribution in [0, 0.1) is 11.3 Å². The van der Waals surface area contributed by atoms with Crippen molar-refractivity contribution in [1.29, 1.82) is 5.26 Å². The van der Waals surface area contributed by atoms with Crippen LogP contribution in [0.5, 0.6) is 0 Å². The number of carbonyl (C=O) groups is 1. The number of carbonyl (C=O) groups excluding carboxylic acids is 1. The average Bonchev–Trinajstić information content (AvgIpc) is 2.44. The molecule has 98 valence electrons. The van der Waals surface area contributed by atoms with Crippen LogP contribution in [0.3, 0.4) is 0 Å². The van der Waals surface area contributed by atoms with Gasteiger partial charge in [-0.3, -0.25) is 0 Å². The fourth-order valence-electron chi connectivity index (χ4n) is 1.65. The average molecular weight is 255 g/mol. The molecule has 1 aromatic carbocycles. The van der Waals surface area contributed by atoms with Crippen LogP contribution < -0.4 is 0 Å². The highest BCUT2D eigenvalue weighted by Gasteiger charge is 2.10. The van der Waals surface area contributed by atoms with Crippen molar-refractivity contribution in [3.05, 3.63) is 47.2 Å². The van der Waals surface area contributed by atoms with E-state index in [-0.39, 0.29) is 12.2 Å². The summed E-state index contributed by atoms with van der Waals surface area (Å²) in [4.78, 5) is 11.6. The molecule has 0 spiro atoms. The predicted molar refractivity (Wildman–Crippen MR) is 74.0 cm³/mol. The van der Waals surface area contributed by atoms with E-state index in [9.17, 15) is 4.79 Å². The summed E-state index contributed by atoms with van der Waals surface area (Å²) in [5, 5.41) is 9.02. The topological polar surface area (TPSA) is 50.1 Å². The molecule has 0 fully saturated rings. The number of benzene rings is 1. The molecule has 0 saturated heterocycles. The zero-order valence-corrected chi connectivity index (χ0v) is 11.3. The summed E-state index contributed by atoms with van der Waals surface area (Å²) in [5.74, 6) is -0.616. The van der Waals surface area contributed by atoms with Gasteiger partial charge in [0.25, 0.3) is 0 Å². The van der Waals surface area contributed by atoms with Gasteiger partial charge in [-0.15, -0.1) is 0 Å². The molecule has 0 bridgehead atoms. The molecule has 0 aromatic heterocycles. The van der Waals surface area contributed by atoms with Crippen molar-refractivity contribution < 1.29 is 9.53 Å². The van der Waals surface area contributed by atoms with Crippen molar-refractivity contribution in [3.8, 4) is 6.07 Å². The zero-order valence-electron chi connectivity index (χ0n) is 11.3. The largest absolute Gasteiger partial charge is 0.461 e. The highest BCUT2D eigenvalue weighted by Crippen LogP contribution is 2.19. The SMILES string of the molecule is CCCC(=C=C(C#N)C(=O)OCC)c1ccccc1. The van der Waals surface area contributed by atoms with Crippen molar-refractivity contribution in [2.75, 3.05) is 6.61 Å². The van der Waals surface area contributed by atoms with Gasteiger partial charge < -0.3 is 4.74 Å². The van der Waals surface area contributed by atoms with E-state index in [0.29, 0.717) is 0 Å². The molecule has 0 N–H and O–H groups in total. The maximum Gasteiger partial charge on any atom is 0.356 e. The van der Waals surface area contributed by atoms with Gasteiger partial charge in [-0.05, 0) is 18.9 Å². The molecule has 0 atom stereocenters. The van der Waals surface area contributed by atoms with Gasteiger partial charge in [-0.1, -0.05) is 49.4 Å². The van der Waals surface area contributed by atoms with E-state index >= 15 is 0 Å². The number of hydrogen-bond acceptors (Lipinski definition) is 3. The number of nitrogens with zero attached hydrogens (tertiary/aromatic N) is 1. The van der Waals surface area contributed by atoms with Crippen molar-refractivity contribution in [2.45, 2.75) is 26.7 Å². The van der Waals surface area contributed by atoms with Crippen LogP contribution in [0.1, 0.15) is 32.3 Å². The van der Waals surface area contributed by atoms with Gasteiger partial charge >= 0.3 is 5.97 Å². The summed E-state index contributed by atoms with van der Waals surface area (Å²) < 4.78 is 4.84. The summed E-state index contributed by atoms with van der Waals surface area (Å²) >= 11 is 0. The highest BCUT2D eigenvalue weighted by molar-refractivity contribution is 5.93. The van der Waals surface area contributed by atoms with E-state index in [4.69, 9.17) is 10.00 Å². The molecule has 0 saturated carbocycles. The first kappa shape index (κ1) is 14.8. The molecule has 1 aromatic rings. The van der Waals surface area contributed by atoms with Crippen LogP contribution in [-0.4, -0.2) is 12.6 Å². The Balaban J connectivity index is 3.26. The Bertz CT molecular complexity index is 532. The van der Waals surface area contributed by atoms with Crippen LogP contribution in [-0.2, 0) is 9.53 Å². The van der Waals surface area contributed by atoms with Crippen molar-refractivity contribution in [1.82, 2.24) is 0 Å². The first-order valence-corrected chi connectivity index (χ1v) is 6.35. The molecule has 3 nitrogen and oxygen atoms in total. The Morgan fingerprint density at radius 1 is 1.26 bits per heavy atom. The Morgan fingerprint density at radius 3 is 2.47 bits per heavy atom. The quantitative estimate of drug-likeness (QED) is 0.350. The van der Waals surface area contributed by atoms with E-state index in [0.717, 1.165) is 24.0 Å². The lowest BCUT2D eigenvalue weighted by Gasteiger charge is -2.03. The second-order valence-corrected chi connectivity index (χ2v) is 3.93. The molecule has 0 amide bonds. The number of nitriles is 1. The van der Waals surface area contributed by atoms with Crippen molar-refractivity contribution in [2.24, 2.45) is 0 Å². The number of esters is 1. The van der Waals surface area contributed by atoms with E-state index in [2.05, 4.69) is 5.73 Å². The Morgan fingerprint density at radius 2 is 1.95 bits per heavy atom. The number of ether oxygens (including phenoxy) is 1. The minimum atomic E-state index is -0.616. The predicted octanol–water partition coefficient (Wildman–Crippen LogP) is 3.48. The highest BCUT2D eigenvalue weighted by atomic mass is 16.5. The first-order valence-electron chi connectivity index (χ1n) is 6.35. The fraction of sp³-hybridized carbons (Fsp3) is 0.312. The molecule has 0 unspecified atom stereocenters. The lowest BCUT2D eigenvalue weighted by molar-refractivity contribution is -0.137. The molecular formula is C16H17NO2.